The van der Waals surface area contributed by atoms with Crippen LogP contribution in [0.15, 0.2) is 22.8 Å². The Morgan fingerprint density at radius 2 is 2.12 bits per heavy atom. The number of ether oxygens (including phenoxy) is 1. The number of carbonyl (C=O) groups is 3. The fourth-order valence-electron chi connectivity index (χ4n) is 3.30. The average molecular weight is 366 g/mol. The Hall–Kier alpha value is -1.96. The van der Waals surface area contributed by atoms with Gasteiger partial charge in [-0.05, 0) is 25.0 Å². The Labute approximate surface area is 150 Å². The van der Waals surface area contributed by atoms with Crippen molar-refractivity contribution in [3.63, 3.8) is 0 Å². The van der Waals surface area contributed by atoms with E-state index in [1.807, 2.05) is 0 Å². The maximum Gasteiger partial charge on any atom is 0.330 e. The molecule has 2 fully saturated rings. The van der Waals surface area contributed by atoms with E-state index in [0.29, 0.717) is 11.5 Å². The number of nitrogens with one attached hydrogen (secondary N) is 1. The summed E-state index contributed by atoms with van der Waals surface area (Å²) in [5, 5.41) is 2.52. The van der Waals surface area contributed by atoms with E-state index in [1.54, 1.807) is 12.1 Å². The van der Waals surface area contributed by atoms with Gasteiger partial charge in [0.25, 0.3) is 5.91 Å². The second kappa shape index (κ2) is 7.95. The Balaban J connectivity index is 1.55. The first-order chi connectivity index (χ1) is 12.1. The molecule has 1 aromatic heterocycles. The third-order valence-electron chi connectivity index (χ3n) is 4.49. The zero-order valence-corrected chi connectivity index (χ0v) is 14.9. The number of esters is 1. The molecule has 0 aromatic carbocycles. The van der Waals surface area contributed by atoms with Gasteiger partial charge < -0.3 is 19.4 Å². The molecular weight excluding hydrogens is 344 g/mol. The Kier molecular flexibility index (Phi) is 5.67. The van der Waals surface area contributed by atoms with Crippen LogP contribution in [0.3, 0.4) is 0 Å². The highest BCUT2D eigenvalue weighted by molar-refractivity contribution is 7.99. The lowest BCUT2D eigenvalue weighted by molar-refractivity contribution is -0.156. The average Bonchev–Trinajstić information content (AvgIpc) is 3.31. The summed E-state index contributed by atoms with van der Waals surface area (Å²) < 4.78 is 10.5. The van der Waals surface area contributed by atoms with E-state index in [0.717, 1.165) is 25.7 Å². The molecule has 25 heavy (non-hydrogen) atoms. The van der Waals surface area contributed by atoms with E-state index < -0.39 is 12.0 Å². The third-order valence-corrected chi connectivity index (χ3v) is 5.77. The summed E-state index contributed by atoms with van der Waals surface area (Å²) in [7, 11) is 0. The standard InChI is InChI=1S/C17H22N2O5S/c1-11(20)19-13(10-25-16(19)14-7-4-8-23-14)17(22)24-9-15(21)18-12-5-2-3-6-12/h4,7-8,12-13,16H,2-3,5-6,9-10H2,1H3,(H,18,21)/t13-,16-/m0/s1. The molecule has 1 aliphatic carbocycles. The van der Waals surface area contributed by atoms with Crippen molar-refractivity contribution >= 4 is 29.5 Å². The van der Waals surface area contributed by atoms with Gasteiger partial charge in [-0.15, -0.1) is 11.8 Å². The molecule has 2 heterocycles. The second-order valence-electron chi connectivity index (χ2n) is 6.30. The Morgan fingerprint density at radius 1 is 1.36 bits per heavy atom. The van der Waals surface area contributed by atoms with Gasteiger partial charge in [0.05, 0.1) is 6.26 Å². The predicted molar refractivity (Wildman–Crippen MR) is 91.6 cm³/mol. The van der Waals surface area contributed by atoms with E-state index in [1.165, 1.54) is 29.8 Å². The summed E-state index contributed by atoms with van der Waals surface area (Å²) in [5.41, 5.74) is 0. The van der Waals surface area contributed by atoms with E-state index in [-0.39, 0.29) is 29.8 Å². The van der Waals surface area contributed by atoms with Gasteiger partial charge in [-0.1, -0.05) is 12.8 Å². The van der Waals surface area contributed by atoms with E-state index in [4.69, 9.17) is 9.15 Å². The van der Waals surface area contributed by atoms with Crippen LogP contribution in [0.25, 0.3) is 0 Å². The van der Waals surface area contributed by atoms with Gasteiger partial charge in [0.15, 0.2) is 6.61 Å². The van der Waals surface area contributed by atoms with Crippen molar-refractivity contribution in [1.82, 2.24) is 10.2 Å². The highest BCUT2D eigenvalue weighted by Crippen LogP contribution is 2.41. The quantitative estimate of drug-likeness (QED) is 0.800. The highest BCUT2D eigenvalue weighted by atomic mass is 32.2. The van der Waals surface area contributed by atoms with Crippen LogP contribution in [0.1, 0.15) is 43.7 Å². The smallest absolute Gasteiger partial charge is 0.330 e. The van der Waals surface area contributed by atoms with Crippen molar-refractivity contribution in [1.29, 1.82) is 0 Å². The van der Waals surface area contributed by atoms with Gasteiger partial charge in [0, 0.05) is 18.7 Å². The molecule has 1 N–H and O–H groups in total. The zero-order chi connectivity index (χ0) is 17.8. The Morgan fingerprint density at radius 3 is 2.76 bits per heavy atom. The number of hydrogen-bond acceptors (Lipinski definition) is 6. The van der Waals surface area contributed by atoms with Crippen LogP contribution in [0, 0.1) is 0 Å². The third kappa shape index (κ3) is 4.18. The number of furan rings is 1. The van der Waals surface area contributed by atoms with Crippen molar-refractivity contribution in [2.45, 2.75) is 50.1 Å². The van der Waals surface area contributed by atoms with Crippen molar-refractivity contribution in [2.75, 3.05) is 12.4 Å². The van der Waals surface area contributed by atoms with Crippen LogP contribution in [0.5, 0.6) is 0 Å². The monoisotopic (exact) mass is 366 g/mol. The van der Waals surface area contributed by atoms with Crippen LogP contribution in [-0.2, 0) is 19.1 Å². The van der Waals surface area contributed by atoms with Crippen LogP contribution < -0.4 is 5.32 Å². The SMILES string of the molecule is CC(=O)N1[C@H](C(=O)OCC(=O)NC2CCCC2)CS[C@H]1c1ccco1. The molecule has 3 rings (SSSR count). The number of thioether (sulfide) groups is 1. The summed E-state index contributed by atoms with van der Waals surface area (Å²) in [6, 6.07) is 2.99. The van der Waals surface area contributed by atoms with Gasteiger partial charge in [0.2, 0.25) is 5.91 Å². The highest BCUT2D eigenvalue weighted by Gasteiger charge is 2.43. The molecule has 1 aliphatic heterocycles. The zero-order valence-electron chi connectivity index (χ0n) is 14.1. The fourth-order valence-corrected chi connectivity index (χ4v) is 4.71. The summed E-state index contributed by atoms with van der Waals surface area (Å²) in [4.78, 5) is 37.8. The van der Waals surface area contributed by atoms with Crippen LogP contribution in [0.4, 0.5) is 0 Å². The lowest BCUT2D eigenvalue weighted by Crippen LogP contribution is -2.44. The summed E-state index contributed by atoms with van der Waals surface area (Å²) in [6.07, 6.45) is 5.72. The fraction of sp³-hybridized carbons (Fsp3) is 0.588. The van der Waals surface area contributed by atoms with Crippen LogP contribution >= 0.6 is 11.8 Å². The molecule has 0 radical (unpaired) electrons. The second-order valence-corrected chi connectivity index (χ2v) is 7.41. The molecule has 1 saturated heterocycles. The van der Waals surface area contributed by atoms with Crippen molar-refractivity contribution in [3.05, 3.63) is 24.2 Å². The molecule has 0 bridgehead atoms. The summed E-state index contributed by atoms with van der Waals surface area (Å²) in [6.45, 7) is 1.10. The number of amides is 2. The normalized spacial score (nSPS) is 23.6. The van der Waals surface area contributed by atoms with Gasteiger partial charge in [0.1, 0.15) is 17.2 Å². The van der Waals surface area contributed by atoms with Crippen molar-refractivity contribution in [2.24, 2.45) is 0 Å². The lowest BCUT2D eigenvalue weighted by Gasteiger charge is -2.25. The first kappa shape index (κ1) is 17.8. The molecule has 1 saturated carbocycles. The van der Waals surface area contributed by atoms with Crippen LogP contribution in [-0.4, -0.2) is 47.1 Å². The minimum atomic E-state index is -0.711. The van der Waals surface area contributed by atoms with Gasteiger partial charge in [-0.2, -0.15) is 0 Å². The topological polar surface area (TPSA) is 88.8 Å². The molecular formula is C17H22N2O5S. The molecule has 2 aliphatic rings. The van der Waals surface area contributed by atoms with E-state index in [2.05, 4.69) is 5.32 Å². The molecule has 2 atom stereocenters. The van der Waals surface area contributed by atoms with Crippen molar-refractivity contribution in [3.8, 4) is 0 Å². The summed E-state index contributed by atoms with van der Waals surface area (Å²) in [5.74, 6) is -0.0481. The molecule has 7 nitrogen and oxygen atoms in total. The number of carbonyl (C=O) groups excluding carboxylic acids is 3. The maximum atomic E-state index is 12.4. The lowest BCUT2D eigenvalue weighted by atomic mass is 10.2. The predicted octanol–water partition coefficient (Wildman–Crippen LogP) is 1.84. The Bertz CT molecular complexity index is 627. The molecule has 1 aromatic rings. The molecule has 136 valence electrons. The van der Waals surface area contributed by atoms with Gasteiger partial charge in [-0.25, -0.2) is 4.79 Å². The number of rotatable bonds is 5. The van der Waals surface area contributed by atoms with E-state index in [9.17, 15) is 14.4 Å². The summed E-state index contributed by atoms with van der Waals surface area (Å²) >= 11 is 1.44. The molecule has 0 unspecified atom stereocenters. The number of nitrogens with zero attached hydrogens (tertiary/aromatic N) is 1. The maximum absolute atomic E-state index is 12.4. The van der Waals surface area contributed by atoms with Crippen LogP contribution in [0.2, 0.25) is 0 Å². The first-order valence-electron chi connectivity index (χ1n) is 8.46. The minimum Gasteiger partial charge on any atom is -0.466 e. The first-order valence-corrected chi connectivity index (χ1v) is 9.51. The van der Waals surface area contributed by atoms with E-state index >= 15 is 0 Å². The molecule has 0 spiro atoms. The number of hydrogen-bond donors (Lipinski definition) is 1. The van der Waals surface area contributed by atoms with Crippen molar-refractivity contribution < 1.29 is 23.5 Å². The van der Waals surface area contributed by atoms with Gasteiger partial charge >= 0.3 is 5.97 Å². The largest absolute Gasteiger partial charge is 0.466 e. The minimum absolute atomic E-state index is 0.185. The molecule has 2 amide bonds. The van der Waals surface area contributed by atoms with Gasteiger partial charge in [-0.3, -0.25) is 9.59 Å². The molecule has 8 heteroatoms.